The number of hydrogen-bond donors (Lipinski definition) is 0. The van der Waals surface area contributed by atoms with Crippen molar-refractivity contribution in [3.63, 3.8) is 0 Å². The summed E-state index contributed by atoms with van der Waals surface area (Å²) in [7, 11) is 0. The SMILES string of the molecule is CCCCCCCCCCCCCCCCOC(=O)C(CC)(CC)C(=O)OC(C)C(C)CC. The Morgan fingerprint density at radius 2 is 1.06 bits per heavy atom. The first-order valence-electron chi connectivity index (χ1n) is 14.3. The molecule has 0 aromatic carbocycles. The summed E-state index contributed by atoms with van der Waals surface area (Å²) >= 11 is 0. The number of hydrogen-bond acceptors (Lipinski definition) is 4. The highest BCUT2D eigenvalue weighted by Crippen LogP contribution is 2.31. The third-order valence-corrected chi connectivity index (χ3v) is 7.46. The number of carbonyl (C=O) groups is 2. The normalized spacial score (nSPS) is 13.5. The molecule has 0 bridgehead atoms. The third kappa shape index (κ3) is 13.4. The molecule has 0 aliphatic carbocycles. The fourth-order valence-electron chi connectivity index (χ4n) is 4.24. The predicted octanol–water partition coefficient (Wildman–Crippen LogP) is 8.80. The van der Waals surface area contributed by atoms with Gasteiger partial charge in [-0.15, -0.1) is 0 Å². The number of unbranched alkanes of at least 4 members (excludes halogenated alkanes) is 13. The minimum absolute atomic E-state index is 0.196. The number of ether oxygens (including phenoxy) is 2. The molecule has 0 aliphatic rings. The Balaban J connectivity index is 3.97. The van der Waals surface area contributed by atoms with Gasteiger partial charge in [-0.3, -0.25) is 9.59 Å². The highest BCUT2D eigenvalue weighted by Gasteiger charge is 2.46. The highest BCUT2D eigenvalue weighted by atomic mass is 16.6. The van der Waals surface area contributed by atoms with Crippen LogP contribution >= 0.6 is 0 Å². The van der Waals surface area contributed by atoms with Gasteiger partial charge in [-0.25, -0.2) is 0 Å². The summed E-state index contributed by atoms with van der Waals surface area (Å²) in [5.74, 6) is -0.568. The van der Waals surface area contributed by atoms with Crippen LogP contribution in [0, 0.1) is 11.3 Å². The Morgan fingerprint density at radius 1 is 0.636 bits per heavy atom. The molecule has 0 N–H and O–H groups in total. The molecule has 196 valence electrons. The first-order chi connectivity index (χ1) is 15.9. The second kappa shape index (κ2) is 20.3. The van der Waals surface area contributed by atoms with Gasteiger partial charge in [-0.1, -0.05) is 125 Å². The molecule has 2 unspecified atom stereocenters. The van der Waals surface area contributed by atoms with Gasteiger partial charge in [0.05, 0.1) is 6.61 Å². The van der Waals surface area contributed by atoms with Gasteiger partial charge in [0.2, 0.25) is 0 Å². The van der Waals surface area contributed by atoms with Crippen LogP contribution in [0.3, 0.4) is 0 Å². The van der Waals surface area contributed by atoms with Crippen molar-refractivity contribution in [2.75, 3.05) is 6.61 Å². The van der Waals surface area contributed by atoms with E-state index in [0.717, 1.165) is 19.3 Å². The lowest BCUT2D eigenvalue weighted by molar-refractivity contribution is -0.177. The van der Waals surface area contributed by atoms with E-state index in [4.69, 9.17) is 9.47 Å². The van der Waals surface area contributed by atoms with Crippen LogP contribution in [0.2, 0.25) is 0 Å². The van der Waals surface area contributed by atoms with Gasteiger partial charge in [0, 0.05) is 0 Å². The van der Waals surface area contributed by atoms with Crippen molar-refractivity contribution in [1.82, 2.24) is 0 Å². The van der Waals surface area contributed by atoms with Gasteiger partial charge >= 0.3 is 11.9 Å². The highest BCUT2D eigenvalue weighted by molar-refractivity contribution is 6.00. The van der Waals surface area contributed by atoms with E-state index < -0.39 is 17.4 Å². The Labute approximate surface area is 206 Å². The number of carbonyl (C=O) groups excluding carboxylic acids is 2. The topological polar surface area (TPSA) is 52.6 Å². The fourth-order valence-corrected chi connectivity index (χ4v) is 4.24. The minimum atomic E-state index is -1.17. The standard InChI is InChI=1S/C29H56O4/c1-7-11-12-13-14-15-16-17-18-19-20-21-22-23-24-32-27(30)29(9-3,10-4)28(31)33-26(6)25(5)8-2/h25-26H,7-24H2,1-6H3. The number of rotatable bonds is 22. The van der Waals surface area contributed by atoms with Crippen molar-refractivity contribution in [2.24, 2.45) is 11.3 Å². The van der Waals surface area contributed by atoms with Gasteiger partial charge in [0.15, 0.2) is 5.41 Å². The van der Waals surface area contributed by atoms with Crippen LogP contribution in [0.1, 0.15) is 151 Å². The van der Waals surface area contributed by atoms with E-state index in [1.54, 1.807) is 0 Å². The summed E-state index contributed by atoms with van der Waals surface area (Å²) in [6.07, 6.45) is 19.7. The second-order valence-corrected chi connectivity index (χ2v) is 10.0. The van der Waals surface area contributed by atoms with Gasteiger partial charge in [0.1, 0.15) is 6.10 Å². The summed E-state index contributed by atoms with van der Waals surface area (Å²) < 4.78 is 11.2. The summed E-state index contributed by atoms with van der Waals surface area (Å²) in [5, 5.41) is 0. The molecule has 0 aromatic rings. The van der Waals surface area contributed by atoms with E-state index in [1.807, 2.05) is 20.8 Å². The molecule has 0 aliphatic heterocycles. The molecule has 0 radical (unpaired) electrons. The van der Waals surface area contributed by atoms with Crippen LogP contribution in [-0.4, -0.2) is 24.6 Å². The lowest BCUT2D eigenvalue weighted by Crippen LogP contribution is -2.43. The summed E-state index contributed by atoms with van der Waals surface area (Å²) in [6.45, 7) is 12.4. The van der Waals surface area contributed by atoms with Crippen LogP contribution in [0.15, 0.2) is 0 Å². The van der Waals surface area contributed by atoms with E-state index in [9.17, 15) is 9.59 Å². The van der Waals surface area contributed by atoms with Gasteiger partial charge < -0.3 is 9.47 Å². The lowest BCUT2D eigenvalue weighted by Gasteiger charge is -2.30. The molecule has 0 aromatic heterocycles. The molecule has 0 rings (SSSR count). The molecule has 0 spiro atoms. The molecule has 2 atom stereocenters. The quantitative estimate of drug-likeness (QED) is 0.0904. The van der Waals surface area contributed by atoms with E-state index in [0.29, 0.717) is 19.4 Å². The molecule has 33 heavy (non-hydrogen) atoms. The lowest BCUT2D eigenvalue weighted by atomic mass is 9.82. The molecular weight excluding hydrogens is 412 g/mol. The molecule has 0 saturated carbocycles. The first kappa shape index (κ1) is 31.9. The molecular formula is C29H56O4. The molecule has 4 nitrogen and oxygen atoms in total. The van der Waals surface area contributed by atoms with Gasteiger partial charge in [-0.05, 0) is 32.1 Å². The Bertz CT molecular complexity index is 484. The fraction of sp³-hybridized carbons (Fsp3) is 0.931. The third-order valence-electron chi connectivity index (χ3n) is 7.46. The smallest absolute Gasteiger partial charge is 0.323 e. The van der Waals surface area contributed by atoms with Crippen LogP contribution < -0.4 is 0 Å². The maximum atomic E-state index is 12.8. The summed E-state index contributed by atoms with van der Waals surface area (Å²) in [5.41, 5.74) is -1.17. The maximum absolute atomic E-state index is 12.8. The molecule has 0 fully saturated rings. The van der Waals surface area contributed by atoms with E-state index in [1.165, 1.54) is 77.0 Å². The predicted molar refractivity (Wildman–Crippen MR) is 139 cm³/mol. The maximum Gasteiger partial charge on any atom is 0.323 e. The number of esters is 2. The van der Waals surface area contributed by atoms with Crippen molar-refractivity contribution in [3.8, 4) is 0 Å². The Morgan fingerprint density at radius 3 is 1.45 bits per heavy atom. The van der Waals surface area contributed by atoms with Crippen molar-refractivity contribution < 1.29 is 19.1 Å². The largest absolute Gasteiger partial charge is 0.465 e. The summed E-state index contributed by atoms with van der Waals surface area (Å²) in [4.78, 5) is 25.6. The zero-order valence-electron chi connectivity index (χ0n) is 23.0. The zero-order chi connectivity index (χ0) is 25.0. The summed E-state index contributed by atoms with van der Waals surface area (Å²) in [6, 6.07) is 0. The van der Waals surface area contributed by atoms with E-state index in [2.05, 4.69) is 20.8 Å². The second-order valence-electron chi connectivity index (χ2n) is 10.0. The zero-order valence-corrected chi connectivity index (χ0v) is 23.0. The van der Waals surface area contributed by atoms with Crippen LogP contribution in [0.4, 0.5) is 0 Å². The first-order valence-corrected chi connectivity index (χ1v) is 14.3. The van der Waals surface area contributed by atoms with Crippen LogP contribution in [0.5, 0.6) is 0 Å². The molecule has 0 saturated heterocycles. The van der Waals surface area contributed by atoms with E-state index >= 15 is 0 Å². The van der Waals surface area contributed by atoms with Crippen LogP contribution in [0.25, 0.3) is 0 Å². The molecule has 0 amide bonds. The van der Waals surface area contributed by atoms with Crippen molar-refractivity contribution in [3.05, 3.63) is 0 Å². The Kier molecular flexibility index (Phi) is 19.7. The average Bonchev–Trinajstić information content (AvgIpc) is 2.82. The average molecular weight is 469 g/mol. The van der Waals surface area contributed by atoms with Gasteiger partial charge in [-0.2, -0.15) is 0 Å². The molecule has 4 heteroatoms. The van der Waals surface area contributed by atoms with Crippen LogP contribution in [-0.2, 0) is 19.1 Å². The van der Waals surface area contributed by atoms with Crippen molar-refractivity contribution in [2.45, 2.75) is 157 Å². The monoisotopic (exact) mass is 468 g/mol. The van der Waals surface area contributed by atoms with Gasteiger partial charge in [0.25, 0.3) is 0 Å². The van der Waals surface area contributed by atoms with E-state index in [-0.39, 0.29) is 12.0 Å². The Hall–Kier alpha value is -1.06. The minimum Gasteiger partial charge on any atom is -0.465 e. The molecule has 0 heterocycles. The van der Waals surface area contributed by atoms with Crippen molar-refractivity contribution >= 4 is 11.9 Å². The van der Waals surface area contributed by atoms with Crippen molar-refractivity contribution in [1.29, 1.82) is 0 Å².